The molecule has 2 rings (SSSR count). The Morgan fingerprint density at radius 3 is 2.24 bits per heavy atom. The van der Waals surface area contributed by atoms with Crippen molar-refractivity contribution in [1.29, 1.82) is 0 Å². The maximum Gasteiger partial charge on any atom is 0.104 e. The van der Waals surface area contributed by atoms with Crippen LogP contribution in [0.3, 0.4) is 0 Å². The first kappa shape index (κ1) is 15.8. The van der Waals surface area contributed by atoms with Gasteiger partial charge in [-0.3, -0.25) is 0 Å². The predicted octanol–water partition coefficient (Wildman–Crippen LogP) is 4.84. The second-order valence-electron chi connectivity index (χ2n) is 4.84. The van der Waals surface area contributed by atoms with Crippen LogP contribution in [0.15, 0.2) is 36.4 Å². The van der Waals surface area contributed by atoms with Crippen molar-refractivity contribution in [3.8, 4) is 0 Å². The van der Waals surface area contributed by atoms with Gasteiger partial charge in [-0.15, -0.1) is 0 Å². The van der Waals surface area contributed by atoms with E-state index in [-0.39, 0.29) is 0 Å². The van der Waals surface area contributed by atoms with Crippen LogP contribution in [0, 0.1) is 0 Å². The van der Waals surface area contributed by atoms with E-state index in [1.807, 2.05) is 12.1 Å². The van der Waals surface area contributed by atoms with E-state index in [1.54, 1.807) is 6.07 Å². The van der Waals surface area contributed by atoms with E-state index in [4.69, 9.17) is 29.6 Å². The fraction of sp³-hybridized carbons (Fsp3) is 0.235. The number of halogens is 1. The Bertz CT molecular complexity index is 646. The number of benzene rings is 2. The smallest absolute Gasteiger partial charge is 0.104 e. The average Bonchev–Trinajstić information content (AvgIpc) is 2.49. The predicted molar refractivity (Wildman–Crippen MR) is 95.8 cm³/mol. The van der Waals surface area contributed by atoms with Gasteiger partial charge < -0.3 is 11.1 Å². The molecular formula is C17H19ClN2S. The molecule has 0 fully saturated rings. The van der Waals surface area contributed by atoms with E-state index >= 15 is 0 Å². The van der Waals surface area contributed by atoms with Gasteiger partial charge >= 0.3 is 0 Å². The summed E-state index contributed by atoms with van der Waals surface area (Å²) in [6.45, 7) is 4.30. The highest BCUT2D eigenvalue weighted by Gasteiger charge is 2.09. The van der Waals surface area contributed by atoms with Gasteiger partial charge in [-0.05, 0) is 42.2 Å². The Kier molecular flexibility index (Phi) is 5.21. The molecule has 110 valence electrons. The number of anilines is 2. The molecule has 0 bridgehead atoms. The third-order valence-corrected chi connectivity index (χ3v) is 4.06. The van der Waals surface area contributed by atoms with Crippen molar-refractivity contribution in [1.82, 2.24) is 0 Å². The van der Waals surface area contributed by atoms with Crippen LogP contribution >= 0.6 is 23.8 Å². The van der Waals surface area contributed by atoms with Gasteiger partial charge in [-0.25, -0.2) is 0 Å². The summed E-state index contributed by atoms with van der Waals surface area (Å²) in [6, 6.07) is 12.0. The minimum atomic E-state index is 0.353. The SMILES string of the molecule is CCc1cccc(CC)c1Nc1ccc(C(N)=S)cc1Cl. The van der Waals surface area contributed by atoms with Crippen LogP contribution in [0.4, 0.5) is 11.4 Å². The number of rotatable bonds is 5. The first-order valence-electron chi connectivity index (χ1n) is 7.04. The minimum absolute atomic E-state index is 0.353. The number of nitrogens with one attached hydrogen (secondary N) is 1. The maximum atomic E-state index is 6.34. The van der Waals surface area contributed by atoms with Crippen LogP contribution in [0.1, 0.15) is 30.5 Å². The first-order valence-corrected chi connectivity index (χ1v) is 7.82. The van der Waals surface area contributed by atoms with Crippen LogP contribution < -0.4 is 11.1 Å². The van der Waals surface area contributed by atoms with E-state index in [2.05, 4.69) is 37.4 Å². The standard InChI is InChI=1S/C17H19ClN2S/c1-3-11-6-5-7-12(4-2)16(11)20-15-9-8-13(17(19)21)10-14(15)18/h5-10,20H,3-4H2,1-2H3,(H2,19,21). The molecule has 3 N–H and O–H groups in total. The Balaban J connectivity index is 2.40. The fourth-order valence-electron chi connectivity index (χ4n) is 2.31. The Morgan fingerprint density at radius 2 is 1.76 bits per heavy atom. The van der Waals surface area contributed by atoms with Crippen molar-refractivity contribution >= 4 is 40.2 Å². The molecule has 0 aromatic heterocycles. The zero-order valence-corrected chi connectivity index (χ0v) is 13.8. The first-order chi connectivity index (χ1) is 10.1. The number of hydrogen-bond acceptors (Lipinski definition) is 2. The highest BCUT2D eigenvalue weighted by atomic mass is 35.5. The lowest BCUT2D eigenvalue weighted by Gasteiger charge is -2.16. The summed E-state index contributed by atoms with van der Waals surface area (Å²) < 4.78 is 0. The highest BCUT2D eigenvalue weighted by molar-refractivity contribution is 7.80. The Morgan fingerprint density at radius 1 is 1.14 bits per heavy atom. The van der Waals surface area contributed by atoms with Gasteiger partial charge in [0.2, 0.25) is 0 Å². The molecule has 0 aliphatic heterocycles. The van der Waals surface area contributed by atoms with Crippen LogP contribution in [-0.4, -0.2) is 4.99 Å². The normalized spacial score (nSPS) is 10.4. The zero-order valence-electron chi connectivity index (χ0n) is 12.2. The number of aryl methyl sites for hydroxylation is 2. The Hall–Kier alpha value is -1.58. The summed E-state index contributed by atoms with van der Waals surface area (Å²) >= 11 is 11.3. The van der Waals surface area contributed by atoms with Gasteiger partial charge in [0.05, 0.1) is 10.7 Å². The molecule has 0 unspecified atom stereocenters. The highest BCUT2D eigenvalue weighted by Crippen LogP contribution is 2.31. The van der Waals surface area contributed by atoms with Gasteiger partial charge in [0.15, 0.2) is 0 Å². The largest absolute Gasteiger partial charge is 0.389 e. The van der Waals surface area contributed by atoms with Crippen molar-refractivity contribution in [3.05, 3.63) is 58.1 Å². The zero-order chi connectivity index (χ0) is 15.4. The van der Waals surface area contributed by atoms with E-state index in [1.165, 1.54) is 11.1 Å². The van der Waals surface area contributed by atoms with Crippen LogP contribution in [0.5, 0.6) is 0 Å². The molecule has 2 aromatic carbocycles. The minimum Gasteiger partial charge on any atom is -0.389 e. The van der Waals surface area contributed by atoms with Crippen molar-refractivity contribution in [2.45, 2.75) is 26.7 Å². The lowest BCUT2D eigenvalue weighted by molar-refractivity contribution is 1.09. The molecule has 0 radical (unpaired) electrons. The molecule has 2 aromatic rings. The monoisotopic (exact) mass is 318 g/mol. The summed E-state index contributed by atoms with van der Waals surface area (Å²) in [6.07, 6.45) is 1.94. The fourth-order valence-corrected chi connectivity index (χ4v) is 2.66. The van der Waals surface area contributed by atoms with Crippen molar-refractivity contribution < 1.29 is 0 Å². The second-order valence-corrected chi connectivity index (χ2v) is 5.69. The van der Waals surface area contributed by atoms with Crippen LogP contribution in [-0.2, 0) is 12.8 Å². The van der Waals surface area contributed by atoms with E-state index in [0.717, 1.165) is 29.8 Å². The molecule has 0 heterocycles. The number of nitrogens with two attached hydrogens (primary N) is 1. The summed E-state index contributed by atoms with van der Waals surface area (Å²) in [5.41, 5.74) is 11.0. The maximum absolute atomic E-state index is 6.34. The lowest BCUT2D eigenvalue weighted by atomic mass is 10.0. The molecule has 0 aliphatic rings. The van der Waals surface area contributed by atoms with Gasteiger partial charge in [-0.2, -0.15) is 0 Å². The number of para-hydroxylation sites is 1. The summed E-state index contributed by atoms with van der Waals surface area (Å²) in [7, 11) is 0. The van der Waals surface area contributed by atoms with E-state index in [9.17, 15) is 0 Å². The molecule has 21 heavy (non-hydrogen) atoms. The second kappa shape index (κ2) is 6.92. The number of thiocarbonyl (C=S) groups is 1. The van der Waals surface area contributed by atoms with Crippen molar-refractivity contribution in [3.63, 3.8) is 0 Å². The van der Waals surface area contributed by atoms with Crippen LogP contribution in [0.25, 0.3) is 0 Å². The molecule has 0 atom stereocenters. The number of hydrogen-bond donors (Lipinski definition) is 2. The summed E-state index contributed by atoms with van der Waals surface area (Å²) in [5.74, 6) is 0. The molecule has 0 spiro atoms. The van der Waals surface area contributed by atoms with E-state index < -0.39 is 0 Å². The van der Waals surface area contributed by atoms with Gasteiger partial charge in [0, 0.05) is 11.3 Å². The third kappa shape index (κ3) is 3.55. The lowest BCUT2D eigenvalue weighted by Crippen LogP contribution is -2.09. The van der Waals surface area contributed by atoms with E-state index in [0.29, 0.717) is 10.0 Å². The molecular weight excluding hydrogens is 300 g/mol. The molecule has 0 aliphatic carbocycles. The molecule has 0 saturated carbocycles. The van der Waals surface area contributed by atoms with Crippen molar-refractivity contribution in [2.75, 3.05) is 5.32 Å². The molecule has 2 nitrogen and oxygen atoms in total. The van der Waals surface area contributed by atoms with Gasteiger partial charge in [0.25, 0.3) is 0 Å². The molecule has 4 heteroatoms. The summed E-state index contributed by atoms with van der Waals surface area (Å²) in [5, 5.41) is 4.08. The topological polar surface area (TPSA) is 38.0 Å². The third-order valence-electron chi connectivity index (χ3n) is 3.51. The summed E-state index contributed by atoms with van der Waals surface area (Å²) in [4.78, 5) is 0.353. The van der Waals surface area contributed by atoms with Crippen molar-refractivity contribution in [2.24, 2.45) is 5.73 Å². The Labute approximate surface area is 136 Å². The van der Waals surface area contributed by atoms with Gasteiger partial charge in [0.1, 0.15) is 4.99 Å². The van der Waals surface area contributed by atoms with Gasteiger partial charge in [-0.1, -0.05) is 55.9 Å². The molecule has 0 amide bonds. The average molecular weight is 319 g/mol. The van der Waals surface area contributed by atoms with Crippen LogP contribution in [0.2, 0.25) is 5.02 Å². The molecule has 0 saturated heterocycles. The quantitative estimate of drug-likeness (QED) is 0.774.